The fraction of sp³-hybridized carbons (Fsp3) is 0. The first-order chi connectivity index (χ1) is 5.95. The first kappa shape index (κ1) is 14.8. The van der Waals surface area contributed by atoms with Crippen molar-refractivity contribution in [3.05, 3.63) is 31.7 Å². The zero-order valence-electron chi connectivity index (χ0n) is 6.87. The summed E-state index contributed by atoms with van der Waals surface area (Å²) in [6, 6.07) is 2.30. The van der Waals surface area contributed by atoms with Crippen molar-refractivity contribution in [2.24, 2.45) is 0 Å². The minimum absolute atomic E-state index is 0. The number of carboxylic acid groups (broad SMARTS) is 1. The van der Waals surface area contributed by atoms with Gasteiger partial charge in [0.2, 0.25) is 5.97 Å². The predicted octanol–water partition coefficient (Wildman–Crippen LogP) is 0.803. The molecule has 0 aliphatic heterocycles. The van der Waals surface area contributed by atoms with Gasteiger partial charge >= 0.3 is 29.6 Å². The Morgan fingerprint density at radius 3 is 2.00 bits per heavy atom. The first-order valence-electron chi connectivity index (χ1n) is 2.93. The van der Waals surface area contributed by atoms with Crippen LogP contribution in [0.25, 0.3) is 0 Å². The molecule has 0 radical (unpaired) electrons. The van der Waals surface area contributed by atoms with E-state index in [0.717, 1.165) is 0 Å². The number of benzene rings is 1. The minimum atomic E-state index is -1.26. The standard InChI is InChI=1S/C7HCl4O2.Na/c8-3-1-2(7(12)13)4(9)6(11)5(3)10;/h(H,12,13);/q-1;+1. The third-order valence-corrected chi connectivity index (χ3v) is 2.95. The zero-order chi connectivity index (χ0) is 10.2. The quantitative estimate of drug-likeness (QED) is 0.358. The van der Waals surface area contributed by atoms with Crippen molar-refractivity contribution in [3.63, 3.8) is 0 Å². The molecule has 1 aromatic rings. The number of hydrogen-bond acceptors (Lipinski definition) is 1. The van der Waals surface area contributed by atoms with Gasteiger partial charge < -0.3 is 9.90 Å². The van der Waals surface area contributed by atoms with E-state index in [1.807, 2.05) is 0 Å². The fourth-order valence-electron chi connectivity index (χ4n) is 0.669. The summed E-state index contributed by atoms with van der Waals surface area (Å²) in [4.78, 5) is 10.6. The zero-order valence-corrected chi connectivity index (χ0v) is 11.9. The molecule has 1 aromatic carbocycles. The van der Waals surface area contributed by atoms with Gasteiger partial charge in [0.05, 0.1) is 0 Å². The van der Waals surface area contributed by atoms with Gasteiger partial charge in [-0.25, -0.2) is 0 Å². The van der Waals surface area contributed by atoms with Gasteiger partial charge in [0.15, 0.2) is 0 Å². The molecule has 0 aliphatic rings. The molecule has 0 atom stereocenters. The van der Waals surface area contributed by atoms with E-state index in [1.54, 1.807) is 0 Å². The molecule has 0 saturated carbocycles. The van der Waals surface area contributed by atoms with Crippen molar-refractivity contribution in [2.75, 3.05) is 0 Å². The van der Waals surface area contributed by atoms with Crippen LogP contribution in [0.3, 0.4) is 0 Å². The maximum atomic E-state index is 10.6. The van der Waals surface area contributed by atoms with E-state index < -0.39 is 5.97 Å². The molecule has 0 bridgehead atoms. The Hall–Kier alpha value is 0.850. The normalized spacial score (nSPS) is 9.43. The van der Waals surface area contributed by atoms with Crippen molar-refractivity contribution < 1.29 is 39.5 Å². The van der Waals surface area contributed by atoms with E-state index in [2.05, 4.69) is 6.07 Å². The Bertz CT molecular complexity index is 380. The van der Waals surface area contributed by atoms with E-state index in [1.165, 1.54) is 0 Å². The average Bonchev–Trinajstić information content (AvgIpc) is 2.07. The van der Waals surface area contributed by atoms with Crippen LogP contribution < -0.4 is 29.6 Å². The number of aromatic carboxylic acids is 1. The average molecular weight is 282 g/mol. The van der Waals surface area contributed by atoms with Gasteiger partial charge in [-0.2, -0.15) is 0 Å². The molecule has 0 unspecified atom stereocenters. The Morgan fingerprint density at radius 2 is 1.57 bits per heavy atom. The van der Waals surface area contributed by atoms with E-state index >= 15 is 0 Å². The number of rotatable bonds is 1. The SMILES string of the molecule is O=C(O)c1[c-]c(Cl)c(Cl)c(Cl)c1Cl.[Na+]. The molecule has 0 spiro atoms. The Morgan fingerprint density at radius 1 is 1.07 bits per heavy atom. The van der Waals surface area contributed by atoms with Crippen LogP contribution in [0.5, 0.6) is 0 Å². The van der Waals surface area contributed by atoms with Gasteiger partial charge in [-0.15, -0.1) is 52.5 Å². The van der Waals surface area contributed by atoms with Crippen LogP contribution in [0, 0.1) is 6.07 Å². The second-order valence-corrected chi connectivity index (χ2v) is 3.57. The third-order valence-electron chi connectivity index (χ3n) is 1.25. The van der Waals surface area contributed by atoms with Crippen LogP contribution in [0.15, 0.2) is 0 Å². The molecular weight excluding hydrogens is 281 g/mol. The number of carbonyl (C=O) groups is 1. The Kier molecular flexibility index (Phi) is 6.16. The molecule has 0 amide bonds. The summed E-state index contributed by atoms with van der Waals surface area (Å²) in [7, 11) is 0. The summed E-state index contributed by atoms with van der Waals surface area (Å²) in [5.41, 5.74) is -0.291. The molecule has 2 nitrogen and oxygen atoms in total. The maximum absolute atomic E-state index is 10.6. The van der Waals surface area contributed by atoms with Crippen LogP contribution >= 0.6 is 46.4 Å². The molecule has 7 heteroatoms. The predicted molar refractivity (Wildman–Crippen MR) is 52.3 cm³/mol. The fourth-order valence-corrected chi connectivity index (χ4v) is 1.51. The molecule has 1 N–H and O–H groups in total. The Labute approximate surface area is 122 Å². The van der Waals surface area contributed by atoms with Gasteiger partial charge in [-0.05, 0) is 25.7 Å². The van der Waals surface area contributed by atoms with Crippen LogP contribution in [-0.4, -0.2) is 11.1 Å². The van der Waals surface area contributed by atoms with Gasteiger partial charge in [-0.3, -0.25) is 0 Å². The second-order valence-electron chi connectivity index (χ2n) is 2.06. The van der Waals surface area contributed by atoms with Crippen molar-refractivity contribution in [3.8, 4) is 0 Å². The van der Waals surface area contributed by atoms with Crippen LogP contribution in [0.1, 0.15) is 10.4 Å². The molecule has 0 fully saturated rings. The van der Waals surface area contributed by atoms with Crippen LogP contribution in [-0.2, 0) is 0 Å². The van der Waals surface area contributed by atoms with E-state index in [9.17, 15) is 4.79 Å². The second kappa shape index (κ2) is 5.80. The van der Waals surface area contributed by atoms with Crippen LogP contribution in [0.4, 0.5) is 0 Å². The summed E-state index contributed by atoms with van der Waals surface area (Å²) in [5, 5.41) is 8.32. The molecule has 0 heterocycles. The van der Waals surface area contributed by atoms with E-state index in [4.69, 9.17) is 51.5 Å². The van der Waals surface area contributed by atoms with Crippen LogP contribution in [0.2, 0.25) is 20.1 Å². The summed E-state index contributed by atoms with van der Waals surface area (Å²) in [5.74, 6) is -1.26. The van der Waals surface area contributed by atoms with Crippen molar-refractivity contribution in [1.29, 1.82) is 0 Å². The monoisotopic (exact) mass is 280 g/mol. The number of carboxylic acids is 1. The summed E-state index contributed by atoms with van der Waals surface area (Å²) in [6.45, 7) is 0. The summed E-state index contributed by atoms with van der Waals surface area (Å²) in [6.07, 6.45) is 0. The van der Waals surface area contributed by atoms with Crippen molar-refractivity contribution in [2.45, 2.75) is 0 Å². The smallest absolute Gasteiger partial charge is 0.521 e. The van der Waals surface area contributed by atoms with E-state index in [-0.39, 0.29) is 55.2 Å². The molecule has 14 heavy (non-hydrogen) atoms. The summed E-state index contributed by atoms with van der Waals surface area (Å²) >= 11 is 22.3. The molecule has 0 aliphatic carbocycles. The van der Waals surface area contributed by atoms with E-state index in [0.29, 0.717) is 0 Å². The van der Waals surface area contributed by atoms with Gasteiger partial charge in [0.25, 0.3) is 0 Å². The molecule has 1 rings (SSSR count). The van der Waals surface area contributed by atoms with Crippen molar-refractivity contribution >= 4 is 52.4 Å². The maximum Gasteiger partial charge on any atom is 1.00 e. The minimum Gasteiger partial charge on any atom is -0.521 e. The third kappa shape index (κ3) is 2.92. The number of hydrogen-bond donors (Lipinski definition) is 1. The topological polar surface area (TPSA) is 37.3 Å². The number of halogens is 4. The largest absolute Gasteiger partial charge is 1.00 e. The van der Waals surface area contributed by atoms with Gasteiger partial charge in [0, 0.05) is 0 Å². The Balaban J connectivity index is 0.00000169. The van der Waals surface area contributed by atoms with Gasteiger partial charge in [0.1, 0.15) is 0 Å². The van der Waals surface area contributed by atoms with Gasteiger partial charge in [-0.1, -0.05) is 0 Å². The molecule has 70 valence electrons. The summed E-state index contributed by atoms with van der Waals surface area (Å²) < 4.78 is 0. The van der Waals surface area contributed by atoms with Crippen molar-refractivity contribution in [1.82, 2.24) is 0 Å². The first-order valence-corrected chi connectivity index (χ1v) is 4.45. The molecule has 0 aromatic heterocycles. The molecular formula is C7HCl4NaO2. The molecule has 0 saturated heterocycles.